The molecule has 0 saturated heterocycles. The van der Waals surface area contributed by atoms with Crippen LogP contribution in [0.3, 0.4) is 0 Å². The Morgan fingerprint density at radius 2 is 2.12 bits per heavy atom. The van der Waals surface area contributed by atoms with Crippen LogP contribution in [0.2, 0.25) is 0 Å². The lowest BCUT2D eigenvalue weighted by Gasteiger charge is -2.23. The van der Waals surface area contributed by atoms with Gasteiger partial charge in [0.1, 0.15) is 0 Å². The van der Waals surface area contributed by atoms with Crippen molar-refractivity contribution in [2.24, 2.45) is 5.92 Å². The SMILES string of the molecule is CCC(C)C(C)Nc1nccn1C(C)COC. The molecule has 1 N–H and O–H groups in total. The summed E-state index contributed by atoms with van der Waals surface area (Å²) in [6.45, 7) is 9.49. The number of anilines is 1. The van der Waals surface area contributed by atoms with E-state index in [0.29, 0.717) is 24.6 Å². The van der Waals surface area contributed by atoms with Crippen LogP contribution < -0.4 is 5.32 Å². The van der Waals surface area contributed by atoms with E-state index in [2.05, 4.69) is 42.6 Å². The molecule has 0 bridgehead atoms. The van der Waals surface area contributed by atoms with Crippen molar-refractivity contribution in [1.29, 1.82) is 0 Å². The first-order valence-electron chi connectivity index (χ1n) is 6.38. The second-order valence-electron chi connectivity index (χ2n) is 4.78. The highest BCUT2D eigenvalue weighted by molar-refractivity contribution is 5.28. The molecule has 0 aliphatic carbocycles. The molecule has 0 saturated carbocycles. The van der Waals surface area contributed by atoms with Crippen LogP contribution in [0, 0.1) is 5.92 Å². The summed E-state index contributed by atoms with van der Waals surface area (Å²) < 4.78 is 7.31. The van der Waals surface area contributed by atoms with Crippen LogP contribution in [0.4, 0.5) is 5.95 Å². The zero-order valence-corrected chi connectivity index (χ0v) is 11.6. The fourth-order valence-corrected chi connectivity index (χ4v) is 1.80. The lowest BCUT2D eigenvalue weighted by Crippen LogP contribution is -2.26. The van der Waals surface area contributed by atoms with E-state index >= 15 is 0 Å². The molecule has 0 spiro atoms. The Kier molecular flexibility index (Phi) is 5.48. The summed E-state index contributed by atoms with van der Waals surface area (Å²) in [5.74, 6) is 1.57. The van der Waals surface area contributed by atoms with E-state index in [-0.39, 0.29) is 0 Å². The van der Waals surface area contributed by atoms with Crippen LogP contribution >= 0.6 is 0 Å². The second-order valence-corrected chi connectivity index (χ2v) is 4.78. The average molecular weight is 239 g/mol. The number of nitrogens with one attached hydrogen (secondary N) is 1. The Morgan fingerprint density at radius 1 is 1.41 bits per heavy atom. The quantitative estimate of drug-likeness (QED) is 0.795. The van der Waals surface area contributed by atoms with Crippen LogP contribution in [0.15, 0.2) is 12.4 Å². The van der Waals surface area contributed by atoms with Crippen molar-refractivity contribution in [3.8, 4) is 0 Å². The average Bonchev–Trinajstić information content (AvgIpc) is 2.76. The van der Waals surface area contributed by atoms with Crippen LogP contribution in [0.5, 0.6) is 0 Å². The van der Waals surface area contributed by atoms with Crippen LogP contribution in [0.25, 0.3) is 0 Å². The summed E-state index contributed by atoms with van der Waals surface area (Å²) in [6, 6.07) is 0.727. The predicted octanol–water partition coefficient (Wildman–Crippen LogP) is 2.94. The zero-order valence-electron chi connectivity index (χ0n) is 11.6. The molecule has 1 aromatic rings. The van der Waals surface area contributed by atoms with Gasteiger partial charge in [-0.2, -0.15) is 0 Å². The number of hydrogen-bond acceptors (Lipinski definition) is 3. The minimum absolute atomic E-state index is 0.300. The van der Waals surface area contributed by atoms with Crippen molar-refractivity contribution >= 4 is 5.95 Å². The van der Waals surface area contributed by atoms with E-state index in [9.17, 15) is 0 Å². The van der Waals surface area contributed by atoms with Crippen molar-refractivity contribution < 1.29 is 4.74 Å². The molecule has 98 valence electrons. The van der Waals surface area contributed by atoms with Gasteiger partial charge in [0.25, 0.3) is 0 Å². The Balaban J connectivity index is 2.68. The lowest BCUT2D eigenvalue weighted by atomic mass is 10.0. The van der Waals surface area contributed by atoms with Crippen LogP contribution in [-0.4, -0.2) is 29.3 Å². The first-order valence-corrected chi connectivity index (χ1v) is 6.38. The molecule has 3 unspecified atom stereocenters. The first-order chi connectivity index (χ1) is 8.10. The van der Waals surface area contributed by atoms with Gasteiger partial charge in [-0.3, -0.25) is 0 Å². The van der Waals surface area contributed by atoms with Crippen LogP contribution in [-0.2, 0) is 4.74 Å². The van der Waals surface area contributed by atoms with E-state index < -0.39 is 0 Å². The number of methoxy groups -OCH3 is 1. The van der Waals surface area contributed by atoms with Gasteiger partial charge in [0.2, 0.25) is 5.95 Å². The molecule has 0 radical (unpaired) electrons. The van der Waals surface area contributed by atoms with E-state index in [1.165, 1.54) is 6.42 Å². The van der Waals surface area contributed by atoms with Gasteiger partial charge < -0.3 is 14.6 Å². The number of imidazole rings is 1. The van der Waals surface area contributed by atoms with Gasteiger partial charge in [-0.1, -0.05) is 20.3 Å². The molecule has 0 aliphatic heterocycles. The second kappa shape index (κ2) is 6.64. The largest absolute Gasteiger partial charge is 0.383 e. The summed E-state index contributed by atoms with van der Waals surface area (Å²) in [7, 11) is 1.72. The third kappa shape index (κ3) is 3.73. The highest BCUT2D eigenvalue weighted by atomic mass is 16.5. The Morgan fingerprint density at radius 3 is 2.71 bits per heavy atom. The van der Waals surface area contributed by atoms with Gasteiger partial charge in [-0.25, -0.2) is 4.98 Å². The van der Waals surface area contributed by atoms with E-state index in [1.807, 2.05) is 12.4 Å². The molecular weight excluding hydrogens is 214 g/mol. The van der Waals surface area contributed by atoms with Gasteiger partial charge in [-0.15, -0.1) is 0 Å². The minimum Gasteiger partial charge on any atom is -0.383 e. The summed E-state index contributed by atoms with van der Waals surface area (Å²) in [4.78, 5) is 4.37. The smallest absolute Gasteiger partial charge is 0.203 e. The molecule has 1 heterocycles. The van der Waals surface area contributed by atoms with E-state index in [1.54, 1.807) is 7.11 Å². The third-order valence-electron chi connectivity index (χ3n) is 3.41. The number of ether oxygens (including phenoxy) is 1. The molecule has 1 aromatic heterocycles. The minimum atomic E-state index is 0.300. The highest BCUT2D eigenvalue weighted by Gasteiger charge is 2.14. The number of rotatable bonds is 7. The fourth-order valence-electron chi connectivity index (χ4n) is 1.80. The van der Waals surface area contributed by atoms with Gasteiger partial charge in [0.05, 0.1) is 12.6 Å². The Hall–Kier alpha value is -1.03. The lowest BCUT2D eigenvalue weighted by molar-refractivity contribution is 0.163. The standard InChI is InChI=1S/C13H25N3O/c1-6-10(2)12(4)15-13-14-7-8-16(13)11(3)9-17-5/h7-8,10-12H,6,9H2,1-5H3,(H,14,15). The summed E-state index contributed by atoms with van der Waals surface area (Å²) in [6.07, 6.45) is 5.00. The van der Waals surface area contributed by atoms with Gasteiger partial charge in [-0.05, 0) is 19.8 Å². The Labute approximate surface area is 104 Å². The van der Waals surface area contributed by atoms with Crippen molar-refractivity contribution in [2.45, 2.75) is 46.2 Å². The fraction of sp³-hybridized carbons (Fsp3) is 0.769. The summed E-state index contributed by atoms with van der Waals surface area (Å²) in [5.41, 5.74) is 0. The van der Waals surface area contributed by atoms with Gasteiger partial charge in [0, 0.05) is 25.5 Å². The molecule has 1 rings (SSSR count). The van der Waals surface area contributed by atoms with Crippen molar-refractivity contribution in [2.75, 3.05) is 19.0 Å². The molecule has 4 heteroatoms. The maximum atomic E-state index is 5.18. The normalized spacial score (nSPS) is 16.5. The number of nitrogens with zero attached hydrogens (tertiary/aromatic N) is 2. The third-order valence-corrected chi connectivity index (χ3v) is 3.41. The van der Waals surface area contributed by atoms with E-state index in [0.717, 1.165) is 5.95 Å². The summed E-state index contributed by atoms with van der Waals surface area (Å²) >= 11 is 0. The predicted molar refractivity (Wildman–Crippen MR) is 71.4 cm³/mol. The van der Waals surface area contributed by atoms with Crippen molar-refractivity contribution in [1.82, 2.24) is 9.55 Å². The molecule has 0 fully saturated rings. The van der Waals surface area contributed by atoms with Crippen molar-refractivity contribution in [3.63, 3.8) is 0 Å². The number of hydrogen-bond donors (Lipinski definition) is 1. The summed E-state index contributed by atoms with van der Waals surface area (Å²) in [5, 5.41) is 3.48. The van der Waals surface area contributed by atoms with Crippen molar-refractivity contribution in [3.05, 3.63) is 12.4 Å². The van der Waals surface area contributed by atoms with E-state index in [4.69, 9.17) is 4.74 Å². The monoisotopic (exact) mass is 239 g/mol. The van der Waals surface area contributed by atoms with Gasteiger partial charge >= 0.3 is 0 Å². The van der Waals surface area contributed by atoms with Crippen LogP contribution in [0.1, 0.15) is 40.2 Å². The topological polar surface area (TPSA) is 39.1 Å². The number of aromatic nitrogens is 2. The molecule has 0 amide bonds. The molecule has 3 atom stereocenters. The van der Waals surface area contributed by atoms with Gasteiger partial charge in [0.15, 0.2) is 0 Å². The highest BCUT2D eigenvalue weighted by Crippen LogP contribution is 2.17. The first kappa shape index (κ1) is 14.0. The molecule has 4 nitrogen and oxygen atoms in total. The zero-order chi connectivity index (χ0) is 12.8. The Bertz CT molecular complexity index is 324. The molecular formula is C13H25N3O. The maximum absolute atomic E-state index is 5.18. The molecule has 0 aromatic carbocycles. The molecule has 17 heavy (non-hydrogen) atoms. The maximum Gasteiger partial charge on any atom is 0.203 e. The molecule has 0 aliphatic rings.